The van der Waals surface area contributed by atoms with Gasteiger partial charge in [0, 0.05) is 24.3 Å². The van der Waals surface area contributed by atoms with Crippen molar-refractivity contribution in [2.24, 2.45) is 0 Å². The number of hydrogen-bond donors (Lipinski definition) is 1. The fraction of sp³-hybridized carbons (Fsp3) is 0.556. The fourth-order valence-electron chi connectivity index (χ4n) is 1.41. The summed E-state index contributed by atoms with van der Waals surface area (Å²) >= 11 is 0. The Bertz CT molecular complexity index is 643. The van der Waals surface area contributed by atoms with Crippen LogP contribution >= 0.6 is 10.7 Å². The summed E-state index contributed by atoms with van der Waals surface area (Å²) in [5.41, 5.74) is 0. The van der Waals surface area contributed by atoms with E-state index in [0.717, 1.165) is 10.9 Å². The molecular formula is C9H13ClN4O6S. The zero-order valence-electron chi connectivity index (χ0n) is 11.1. The Morgan fingerprint density at radius 1 is 1.67 bits per heavy atom. The van der Waals surface area contributed by atoms with E-state index in [1.165, 1.54) is 14.0 Å². The summed E-state index contributed by atoms with van der Waals surface area (Å²) in [5, 5.41) is 16.8. The van der Waals surface area contributed by atoms with E-state index in [2.05, 4.69) is 10.4 Å². The van der Waals surface area contributed by atoms with E-state index >= 15 is 0 Å². The highest BCUT2D eigenvalue weighted by Crippen LogP contribution is 2.26. The summed E-state index contributed by atoms with van der Waals surface area (Å²) in [5.74, 6) is -1.43. The van der Waals surface area contributed by atoms with Gasteiger partial charge in [0.15, 0.2) is 0 Å². The van der Waals surface area contributed by atoms with Crippen molar-refractivity contribution >= 4 is 31.5 Å². The molecule has 1 N–H and O–H groups in total. The molecule has 0 bridgehead atoms. The second kappa shape index (κ2) is 6.83. The van der Waals surface area contributed by atoms with Crippen molar-refractivity contribution in [3.05, 3.63) is 16.3 Å². The molecule has 0 aliphatic rings. The molecule has 0 aromatic carbocycles. The Kier molecular flexibility index (Phi) is 5.63. The normalized spacial score (nSPS) is 12.9. The maximum atomic E-state index is 11.8. The van der Waals surface area contributed by atoms with Crippen molar-refractivity contribution in [2.45, 2.75) is 17.9 Å². The number of hydrogen-bond acceptors (Lipinski definition) is 7. The summed E-state index contributed by atoms with van der Waals surface area (Å²) in [6.07, 6.45) is 0.848. The van der Waals surface area contributed by atoms with E-state index in [1.54, 1.807) is 0 Å². The van der Waals surface area contributed by atoms with Gasteiger partial charge in [-0.05, 0) is 11.8 Å². The molecule has 0 saturated heterocycles. The summed E-state index contributed by atoms with van der Waals surface area (Å²) in [4.78, 5) is 20.8. The van der Waals surface area contributed by atoms with E-state index in [4.69, 9.17) is 15.4 Å². The van der Waals surface area contributed by atoms with Crippen LogP contribution in [0.15, 0.2) is 11.1 Å². The van der Waals surface area contributed by atoms with Gasteiger partial charge in [-0.25, -0.2) is 8.42 Å². The van der Waals surface area contributed by atoms with Crippen molar-refractivity contribution in [3.63, 3.8) is 0 Å². The molecule has 0 fully saturated rings. The number of nitrogens with one attached hydrogen (secondary N) is 1. The van der Waals surface area contributed by atoms with E-state index in [9.17, 15) is 23.3 Å². The molecule has 0 aliphatic heterocycles. The molecule has 21 heavy (non-hydrogen) atoms. The molecular weight excluding hydrogens is 328 g/mol. The lowest BCUT2D eigenvalue weighted by Crippen LogP contribution is -2.33. The number of ether oxygens (including phenoxy) is 1. The molecule has 0 aliphatic carbocycles. The van der Waals surface area contributed by atoms with Gasteiger partial charge in [0.1, 0.15) is 6.04 Å². The molecule has 0 saturated carbocycles. The van der Waals surface area contributed by atoms with Crippen LogP contribution in [0.5, 0.6) is 0 Å². The highest BCUT2D eigenvalue weighted by atomic mass is 35.7. The summed E-state index contributed by atoms with van der Waals surface area (Å²) in [7, 11) is 2.23. The fourth-order valence-corrected chi connectivity index (χ4v) is 2.30. The average molecular weight is 341 g/mol. The second-order valence-electron chi connectivity index (χ2n) is 3.95. The molecule has 0 spiro atoms. The Labute approximate surface area is 124 Å². The van der Waals surface area contributed by atoms with Gasteiger partial charge in [0.2, 0.25) is 10.8 Å². The molecule has 1 aromatic rings. The van der Waals surface area contributed by atoms with Crippen LogP contribution in [0.3, 0.4) is 0 Å². The maximum Gasteiger partial charge on any atom is 0.410 e. The topological polar surface area (TPSA) is 133 Å². The lowest BCUT2D eigenvalue weighted by Gasteiger charge is -2.09. The highest BCUT2D eigenvalue weighted by molar-refractivity contribution is 8.13. The molecule has 0 radical (unpaired) electrons. The van der Waals surface area contributed by atoms with Crippen LogP contribution in [-0.2, 0) is 18.6 Å². The number of aromatic nitrogens is 2. The first kappa shape index (κ1) is 17.3. The SMILES string of the molecule is COCCNC(=O)C(C)n1cc(S(=O)(=O)Cl)c([N+](=O)[O-])n1. The minimum Gasteiger partial charge on any atom is -0.383 e. The summed E-state index contributed by atoms with van der Waals surface area (Å²) in [6, 6.07) is -0.951. The van der Waals surface area contributed by atoms with Crippen LogP contribution in [0, 0.1) is 10.1 Å². The quantitative estimate of drug-likeness (QED) is 0.320. The molecule has 12 heteroatoms. The van der Waals surface area contributed by atoms with Crippen molar-refractivity contribution in [1.29, 1.82) is 0 Å². The maximum absolute atomic E-state index is 11.8. The predicted molar refractivity (Wildman–Crippen MR) is 71.5 cm³/mol. The van der Waals surface area contributed by atoms with Gasteiger partial charge < -0.3 is 20.2 Å². The van der Waals surface area contributed by atoms with Crippen LogP contribution in [0.25, 0.3) is 0 Å². The first-order valence-electron chi connectivity index (χ1n) is 5.63. The van der Waals surface area contributed by atoms with Crippen molar-refractivity contribution < 1.29 is 22.9 Å². The molecule has 118 valence electrons. The number of nitrogens with zero attached hydrogens (tertiary/aromatic N) is 3. The van der Waals surface area contributed by atoms with Crippen LogP contribution in [0.1, 0.15) is 13.0 Å². The lowest BCUT2D eigenvalue weighted by molar-refractivity contribution is -0.392. The standard InChI is InChI=1S/C9H13ClN4O6S/c1-6(9(15)11-3-4-20-2)13-5-7(21(10,18)19)8(12-13)14(16)17/h5-6H,3-4H2,1-2H3,(H,11,15). The number of nitro groups is 1. The van der Waals surface area contributed by atoms with Gasteiger partial charge in [-0.3, -0.25) is 4.79 Å². The van der Waals surface area contributed by atoms with Crippen molar-refractivity contribution in [3.8, 4) is 0 Å². The number of rotatable bonds is 7. The third-order valence-corrected chi connectivity index (χ3v) is 3.81. The number of halogens is 1. The lowest BCUT2D eigenvalue weighted by atomic mass is 10.3. The second-order valence-corrected chi connectivity index (χ2v) is 6.49. The Morgan fingerprint density at radius 3 is 2.71 bits per heavy atom. The zero-order valence-corrected chi connectivity index (χ0v) is 12.7. The Balaban J connectivity index is 3.04. The molecule has 1 unspecified atom stereocenters. The number of methoxy groups -OCH3 is 1. The summed E-state index contributed by atoms with van der Waals surface area (Å²) in [6.45, 7) is 1.94. The molecule has 1 heterocycles. The Morgan fingerprint density at radius 2 is 2.29 bits per heavy atom. The minimum absolute atomic E-state index is 0.240. The molecule has 10 nitrogen and oxygen atoms in total. The van der Waals surface area contributed by atoms with Crippen molar-refractivity contribution in [2.75, 3.05) is 20.3 Å². The number of amides is 1. The van der Waals surface area contributed by atoms with Crippen molar-refractivity contribution in [1.82, 2.24) is 15.1 Å². The van der Waals surface area contributed by atoms with Crippen LogP contribution in [-0.4, -0.2) is 49.3 Å². The zero-order chi connectivity index (χ0) is 16.2. The van der Waals surface area contributed by atoms with E-state index in [0.29, 0.717) is 6.61 Å². The van der Waals surface area contributed by atoms with E-state index < -0.39 is 36.6 Å². The van der Waals surface area contributed by atoms with Crippen LogP contribution in [0.4, 0.5) is 5.82 Å². The van der Waals surface area contributed by atoms with Gasteiger partial charge in [-0.1, -0.05) is 0 Å². The largest absolute Gasteiger partial charge is 0.410 e. The van der Waals surface area contributed by atoms with E-state index in [-0.39, 0.29) is 6.54 Å². The third kappa shape index (κ3) is 4.37. The Hall–Kier alpha value is -1.72. The third-order valence-electron chi connectivity index (χ3n) is 2.50. The molecule has 1 rings (SSSR count). The van der Waals surface area contributed by atoms with Gasteiger partial charge >= 0.3 is 5.82 Å². The monoisotopic (exact) mass is 340 g/mol. The van der Waals surface area contributed by atoms with Crippen LogP contribution in [0.2, 0.25) is 0 Å². The van der Waals surface area contributed by atoms with Crippen LogP contribution < -0.4 is 5.32 Å². The minimum atomic E-state index is -4.34. The first-order chi connectivity index (χ1) is 9.68. The predicted octanol–water partition coefficient (Wildman–Crippen LogP) is 0.0424. The van der Waals surface area contributed by atoms with Gasteiger partial charge in [0.05, 0.1) is 17.9 Å². The molecule has 1 aromatic heterocycles. The smallest absolute Gasteiger partial charge is 0.383 e. The first-order valence-corrected chi connectivity index (χ1v) is 7.94. The van der Waals surface area contributed by atoms with Gasteiger partial charge in [-0.15, -0.1) is 0 Å². The molecule has 1 amide bonds. The average Bonchev–Trinajstić information content (AvgIpc) is 2.83. The number of carbonyl (C=O) groups is 1. The van der Waals surface area contributed by atoms with E-state index in [1.807, 2.05) is 0 Å². The van der Waals surface area contributed by atoms with Gasteiger partial charge in [-0.2, -0.15) is 4.68 Å². The summed E-state index contributed by atoms with van der Waals surface area (Å²) < 4.78 is 28.2. The highest BCUT2D eigenvalue weighted by Gasteiger charge is 2.32. The van der Waals surface area contributed by atoms with Gasteiger partial charge in [0.25, 0.3) is 9.05 Å². The number of carbonyl (C=O) groups excluding carboxylic acids is 1. The molecule has 1 atom stereocenters.